The maximum atomic E-state index is 13.1. The number of carbonyl (C=O) groups is 4. The number of carbonyl (C=O) groups excluding carboxylic acids is 4. The van der Waals surface area contributed by atoms with Gasteiger partial charge in [-0.2, -0.15) is 0 Å². The Morgan fingerprint density at radius 3 is 2.44 bits per heavy atom. The second-order valence-corrected chi connectivity index (χ2v) is 9.19. The van der Waals surface area contributed by atoms with Gasteiger partial charge in [0.05, 0.1) is 5.92 Å². The predicted molar refractivity (Wildman–Crippen MR) is 116 cm³/mol. The lowest BCUT2D eigenvalue weighted by molar-refractivity contribution is -0.175. The van der Waals surface area contributed by atoms with Crippen LogP contribution in [-0.2, 0) is 33.4 Å². The van der Waals surface area contributed by atoms with Gasteiger partial charge in [-0.3, -0.25) is 4.79 Å². The lowest BCUT2D eigenvalue weighted by Gasteiger charge is -2.34. The number of fused-ring (bicyclic) bond motifs is 3. The van der Waals surface area contributed by atoms with Crippen LogP contribution in [0.3, 0.4) is 0 Å². The van der Waals surface area contributed by atoms with Crippen LogP contribution in [0, 0.1) is 11.8 Å². The quantitative estimate of drug-likeness (QED) is 0.373. The summed E-state index contributed by atoms with van der Waals surface area (Å²) in [7, 11) is 0. The molecular weight excluding hydrogens is 412 g/mol. The minimum Gasteiger partial charge on any atom is -0.458 e. The van der Waals surface area contributed by atoms with E-state index in [0.717, 1.165) is 16.7 Å². The summed E-state index contributed by atoms with van der Waals surface area (Å²) in [5, 5.41) is 0. The summed E-state index contributed by atoms with van der Waals surface area (Å²) < 4.78 is 17.3. The summed E-state index contributed by atoms with van der Waals surface area (Å²) in [5.41, 5.74) is 1.53. The topological polar surface area (TPSA) is 96.0 Å². The molecule has 0 N–H and O–H groups in total. The highest BCUT2D eigenvalue weighted by atomic mass is 16.6. The number of allylic oxidation sites excluding steroid dienone is 3. The van der Waals surface area contributed by atoms with Gasteiger partial charge in [0, 0.05) is 29.6 Å². The van der Waals surface area contributed by atoms with Gasteiger partial charge in [-0.1, -0.05) is 22.8 Å². The van der Waals surface area contributed by atoms with E-state index in [9.17, 15) is 19.2 Å². The Kier molecular flexibility index (Phi) is 6.31. The van der Waals surface area contributed by atoms with Gasteiger partial charge in [0.25, 0.3) is 0 Å². The van der Waals surface area contributed by atoms with E-state index in [1.807, 2.05) is 13.8 Å². The zero-order valence-corrected chi connectivity index (χ0v) is 19.6. The molecule has 0 spiro atoms. The van der Waals surface area contributed by atoms with E-state index in [1.165, 1.54) is 13.0 Å². The minimum absolute atomic E-state index is 0.133. The highest BCUT2D eigenvalue weighted by Gasteiger charge is 2.65. The predicted octanol–water partition coefficient (Wildman–Crippen LogP) is 3.54. The van der Waals surface area contributed by atoms with Crippen molar-refractivity contribution in [3.8, 4) is 0 Å². The third-order valence-electron chi connectivity index (χ3n) is 6.49. The van der Waals surface area contributed by atoms with Gasteiger partial charge < -0.3 is 14.2 Å². The van der Waals surface area contributed by atoms with Gasteiger partial charge in [0.15, 0.2) is 5.78 Å². The fourth-order valence-electron chi connectivity index (χ4n) is 4.83. The molecule has 0 saturated carbocycles. The first-order chi connectivity index (χ1) is 14.9. The van der Waals surface area contributed by atoms with Gasteiger partial charge in [-0.05, 0) is 54.5 Å². The number of rotatable bonds is 4. The highest BCUT2D eigenvalue weighted by molar-refractivity contribution is 6.09. The van der Waals surface area contributed by atoms with E-state index in [0.29, 0.717) is 11.1 Å². The summed E-state index contributed by atoms with van der Waals surface area (Å²) in [6, 6.07) is 0. The van der Waals surface area contributed by atoms with Crippen molar-refractivity contribution in [3.63, 3.8) is 0 Å². The first-order valence-electron chi connectivity index (χ1n) is 10.8. The van der Waals surface area contributed by atoms with Crippen LogP contribution in [0.25, 0.3) is 0 Å². The lowest BCUT2D eigenvalue weighted by atomic mass is 9.77. The van der Waals surface area contributed by atoms with Crippen LogP contribution in [0.1, 0.15) is 54.9 Å². The molecular formula is C25H30O7. The molecule has 1 fully saturated rings. The molecule has 1 heterocycles. The first kappa shape index (κ1) is 23.7. The maximum Gasteiger partial charge on any atom is 0.351 e. The molecule has 0 aromatic carbocycles. The smallest absolute Gasteiger partial charge is 0.351 e. The second kappa shape index (κ2) is 8.52. The molecule has 1 saturated heterocycles. The molecule has 3 rings (SSSR count). The summed E-state index contributed by atoms with van der Waals surface area (Å²) in [6.07, 6.45) is 3.12. The van der Waals surface area contributed by atoms with Crippen molar-refractivity contribution in [2.75, 3.05) is 0 Å². The van der Waals surface area contributed by atoms with Crippen LogP contribution >= 0.6 is 0 Å². The molecule has 1 aliphatic heterocycles. The van der Waals surface area contributed by atoms with Crippen LogP contribution in [-0.4, -0.2) is 41.5 Å². The number of hydrogen-bond acceptors (Lipinski definition) is 7. The van der Waals surface area contributed by atoms with E-state index in [2.05, 4.69) is 0 Å². The van der Waals surface area contributed by atoms with Crippen molar-refractivity contribution in [1.29, 1.82) is 0 Å². The lowest BCUT2D eigenvalue weighted by Crippen LogP contribution is -2.50. The molecule has 172 valence electrons. The average molecular weight is 443 g/mol. The van der Waals surface area contributed by atoms with Gasteiger partial charge in [-0.15, -0.1) is 0 Å². The molecule has 2 aliphatic carbocycles. The van der Waals surface area contributed by atoms with Gasteiger partial charge in [0.1, 0.15) is 12.2 Å². The van der Waals surface area contributed by atoms with E-state index in [1.54, 1.807) is 39.8 Å². The van der Waals surface area contributed by atoms with Crippen molar-refractivity contribution in [3.05, 3.63) is 46.1 Å². The molecule has 0 unspecified atom stereocenters. The van der Waals surface area contributed by atoms with Crippen LogP contribution in [0.2, 0.25) is 0 Å². The highest BCUT2D eigenvalue weighted by Crippen LogP contribution is 2.51. The van der Waals surface area contributed by atoms with E-state index in [4.69, 9.17) is 14.2 Å². The first-order valence-corrected chi connectivity index (χ1v) is 10.8. The second-order valence-electron chi connectivity index (χ2n) is 9.19. The van der Waals surface area contributed by atoms with Crippen LogP contribution in [0.15, 0.2) is 46.1 Å². The molecule has 0 radical (unpaired) electrons. The molecule has 0 amide bonds. The summed E-state index contributed by atoms with van der Waals surface area (Å²) in [4.78, 5) is 51.0. The molecule has 7 nitrogen and oxygen atoms in total. The van der Waals surface area contributed by atoms with E-state index >= 15 is 0 Å². The molecule has 3 aliphatic rings. The van der Waals surface area contributed by atoms with E-state index < -0.39 is 47.6 Å². The number of ketones is 1. The van der Waals surface area contributed by atoms with Gasteiger partial charge in [-0.25, -0.2) is 14.4 Å². The summed E-state index contributed by atoms with van der Waals surface area (Å²) in [6.45, 7) is 12.0. The summed E-state index contributed by atoms with van der Waals surface area (Å²) in [5.74, 6) is -3.30. The standard InChI is InChI=1S/C25H30O7/c1-8-13(4)23(28)32-25(7)21-17(30-18(27)9-12(2)3)11-15(6)19-16(26)10-14(5)20(19)22(21)31-24(25)29/h8-10,17,20-22H,11H2,1-7H3/b13-8-/t17-,20+,21+,22-,25-/m0/s1. The third kappa shape index (κ3) is 3.96. The van der Waals surface area contributed by atoms with Crippen molar-refractivity contribution in [2.45, 2.75) is 72.7 Å². The van der Waals surface area contributed by atoms with Crippen molar-refractivity contribution in [1.82, 2.24) is 0 Å². The monoisotopic (exact) mass is 442 g/mol. The van der Waals surface area contributed by atoms with Gasteiger partial charge in [0.2, 0.25) is 5.60 Å². The van der Waals surface area contributed by atoms with Crippen LogP contribution in [0.5, 0.6) is 0 Å². The molecule has 7 heteroatoms. The van der Waals surface area contributed by atoms with E-state index in [-0.39, 0.29) is 12.2 Å². The SMILES string of the molecule is C/C=C(/C)C(=O)O[C@]1(C)C(=O)O[C@H]2[C@@H]3C(C)=CC(=O)C3=C(C)C[C@H](OC(=O)C=C(C)C)[C@H]21. The number of esters is 3. The third-order valence-corrected chi connectivity index (χ3v) is 6.49. The van der Waals surface area contributed by atoms with Crippen molar-refractivity contribution in [2.24, 2.45) is 11.8 Å². The zero-order chi connectivity index (χ0) is 24.0. The fraction of sp³-hybridized carbons (Fsp3) is 0.520. The normalized spacial score (nSPS) is 31.8. The average Bonchev–Trinajstić information content (AvgIpc) is 3.06. The largest absolute Gasteiger partial charge is 0.458 e. The fourth-order valence-corrected chi connectivity index (χ4v) is 4.83. The van der Waals surface area contributed by atoms with Crippen molar-refractivity contribution < 1.29 is 33.4 Å². The Hall–Kier alpha value is -2.96. The maximum absolute atomic E-state index is 13.1. The Morgan fingerprint density at radius 2 is 1.84 bits per heavy atom. The Labute approximate surface area is 188 Å². The Morgan fingerprint density at radius 1 is 1.19 bits per heavy atom. The van der Waals surface area contributed by atoms with Crippen LogP contribution in [0.4, 0.5) is 0 Å². The molecule has 0 aromatic rings. The minimum atomic E-state index is -1.68. The number of ether oxygens (including phenoxy) is 3. The Bertz CT molecular complexity index is 1010. The Balaban J connectivity index is 2.11. The molecule has 0 bridgehead atoms. The molecule has 5 atom stereocenters. The zero-order valence-electron chi connectivity index (χ0n) is 19.6. The molecule has 32 heavy (non-hydrogen) atoms. The van der Waals surface area contributed by atoms with Gasteiger partial charge >= 0.3 is 17.9 Å². The van der Waals surface area contributed by atoms with Crippen molar-refractivity contribution >= 4 is 23.7 Å². The number of hydrogen-bond donors (Lipinski definition) is 0. The molecule has 0 aromatic heterocycles. The summed E-state index contributed by atoms with van der Waals surface area (Å²) >= 11 is 0. The van der Waals surface area contributed by atoms with Crippen LogP contribution < -0.4 is 0 Å².